The molecular weight excluding hydrogens is 358 g/mol. The van der Waals surface area contributed by atoms with Crippen molar-refractivity contribution in [2.45, 2.75) is 43.9 Å². The lowest BCUT2D eigenvalue weighted by Crippen LogP contribution is -2.47. The highest BCUT2D eigenvalue weighted by Gasteiger charge is 2.41. The Hall–Kier alpha value is -1.88. The molecule has 0 radical (unpaired) electrons. The van der Waals surface area contributed by atoms with Crippen LogP contribution in [0.2, 0.25) is 5.02 Å². The van der Waals surface area contributed by atoms with E-state index in [-0.39, 0.29) is 18.0 Å². The molecule has 1 saturated heterocycles. The lowest BCUT2D eigenvalue weighted by Gasteiger charge is -2.29. The monoisotopic (exact) mass is 383 g/mol. The number of hydrogen-bond acceptors (Lipinski definition) is 3. The van der Waals surface area contributed by atoms with Gasteiger partial charge in [0, 0.05) is 37.2 Å². The molecule has 2 atom stereocenters. The Balaban J connectivity index is 1.45. The predicted octanol–water partition coefficient (Wildman–Crippen LogP) is 2.79. The van der Waals surface area contributed by atoms with Crippen LogP contribution in [0.5, 0.6) is 0 Å². The summed E-state index contributed by atoms with van der Waals surface area (Å²) in [7, 11) is 1.73. The number of likely N-dealkylation sites (N-methyl/N-ethyl adjacent to an activating group) is 1. The minimum Gasteiger partial charge on any atom is -0.358 e. The molecule has 2 aromatic rings. The molecule has 2 aliphatic rings. The summed E-state index contributed by atoms with van der Waals surface area (Å²) in [6.07, 6.45) is 2.89. The molecule has 4 nitrogen and oxygen atoms in total. The van der Waals surface area contributed by atoms with Gasteiger partial charge in [-0.25, -0.2) is 0 Å². The van der Waals surface area contributed by atoms with E-state index in [1.54, 1.807) is 7.05 Å². The van der Waals surface area contributed by atoms with Crippen LogP contribution in [0.25, 0.3) is 0 Å². The quantitative estimate of drug-likeness (QED) is 0.834. The highest BCUT2D eigenvalue weighted by Crippen LogP contribution is 2.31. The van der Waals surface area contributed by atoms with Crippen LogP contribution >= 0.6 is 11.6 Å². The van der Waals surface area contributed by atoms with Crippen LogP contribution in [0, 0.1) is 0 Å². The smallest absolute Gasteiger partial charge is 0.237 e. The van der Waals surface area contributed by atoms with Crippen molar-refractivity contribution in [3.63, 3.8) is 0 Å². The molecular formula is C22H26ClN3O. The Morgan fingerprint density at radius 3 is 2.44 bits per heavy atom. The molecule has 1 heterocycles. The van der Waals surface area contributed by atoms with E-state index in [4.69, 9.17) is 11.6 Å². The molecule has 1 amide bonds. The number of nitrogens with zero attached hydrogens (tertiary/aromatic N) is 1. The Morgan fingerprint density at radius 2 is 1.78 bits per heavy atom. The van der Waals surface area contributed by atoms with E-state index >= 15 is 0 Å². The number of hydrogen-bond donors (Lipinski definition) is 2. The number of benzene rings is 2. The molecule has 27 heavy (non-hydrogen) atoms. The first-order valence-electron chi connectivity index (χ1n) is 9.66. The molecule has 142 valence electrons. The summed E-state index contributed by atoms with van der Waals surface area (Å²) in [5.74, 6) is 0.119. The minimum absolute atomic E-state index is 0.0712. The highest BCUT2D eigenvalue weighted by molar-refractivity contribution is 6.31. The molecule has 4 rings (SSSR count). The number of carbonyl (C=O) groups is 1. The standard InChI is InChI=1S/C22H26ClN3O/c1-24-22(27)21-12-18(25-13-17-8-4-5-9-20(17)23)14-26(21)19-10-15-6-2-3-7-16(15)11-19/h2-9,18-19,21,25H,10-14H2,1H3,(H,24,27)/t18-,21+/m1/s1. The number of fused-ring (bicyclic) bond motifs is 1. The van der Waals surface area contributed by atoms with Crippen molar-refractivity contribution >= 4 is 17.5 Å². The van der Waals surface area contributed by atoms with Gasteiger partial charge in [-0.05, 0) is 42.0 Å². The number of halogens is 1. The van der Waals surface area contributed by atoms with Crippen LogP contribution in [0.3, 0.4) is 0 Å². The van der Waals surface area contributed by atoms with Gasteiger partial charge in [-0.1, -0.05) is 54.1 Å². The zero-order chi connectivity index (χ0) is 18.8. The van der Waals surface area contributed by atoms with Crippen LogP contribution in [0.1, 0.15) is 23.1 Å². The average molecular weight is 384 g/mol. The second-order valence-corrected chi connectivity index (χ2v) is 7.97. The number of amides is 1. The van der Waals surface area contributed by atoms with Gasteiger partial charge in [-0.2, -0.15) is 0 Å². The van der Waals surface area contributed by atoms with E-state index < -0.39 is 0 Å². The Morgan fingerprint density at radius 1 is 1.11 bits per heavy atom. The summed E-state index contributed by atoms with van der Waals surface area (Å²) in [6.45, 7) is 1.62. The van der Waals surface area contributed by atoms with Crippen molar-refractivity contribution in [3.8, 4) is 0 Å². The van der Waals surface area contributed by atoms with Gasteiger partial charge in [-0.15, -0.1) is 0 Å². The first-order chi connectivity index (χ1) is 13.2. The van der Waals surface area contributed by atoms with Crippen LogP contribution in [-0.2, 0) is 24.2 Å². The van der Waals surface area contributed by atoms with Gasteiger partial charge < -0.3 is 10.6 Å². The number of likely N-dealkylation sites (tertiary alicyclic amines) is 1. The average Bonchev–Trinajstić information content (AvgIpc) is 3.30. The van der Waals surface area contributed by atoms with Crippen molar-refractivity contribution in [1.29, 1.82) is 0 Å². The van der Waals surface area contributed by atoms with Gasteiger partial charge >= 0.3 is 0 Å². The molecule has 0 bridgehead atoms. The first-order valence-corrected chi connectivity index (χ1v) is 10.0. The summed E-state index contributed by atoms with van der Waals surface area (Å²) in [5.41, 5.74) is 3.94. The van der Waals surface area contributed by atoms with E-state index in [2.05, 4.69) is 39.8 Å². The van der Waals surface area contributed by atoms with E-state index in [0.717, 1.165) is 42.9 Å². The maximum Gasteiger partial charge on any atom is 0.237 e. The molecule has 1 aliphatic heterocycles. The molecule has 0 saturated carbocycles. The van der Waals surface area contributed by atoms with Gasteiger partial charge in [0.25, 0.3) is 0 Å². The molecule has 2 aromatic carbocycles. The zero-order valence-corrected chi connectivity index (χ0v) is 16.4. The summed E-state index contributed by atoms with van der Waals surface area (Å²) in [5, 5.41) is 7.26. The minimum atomic E-state index is -0.0712. The molecule has 0 aromatic heterocycles. The number of carbonyl (C=O) groups excluding carboxylic acids is 1. The summed E-state index contributed by atoms with van der Waals surface area (Å²) in [4.78, 5) is 14.9. The van der Waals surface area contributed by atoms with Gasteiger partial charge in [0.2, 0.25) is 5.91 Å². The SMILES string of the molecule is CNC(=O)[C@@H]1C[C@@H](NCc2ccccc2Cl)CN1C1Cc2ccccc2C1. The molecule has 1 aliphatic carbocycles. The summed E-state index contributed by atoms with van der Waals surface area (Å²) < 4.78 is 0. The normalized spacial score (nSPS) is 22.7. The van der Waals surface area contributed by atoms with Crippen LogP contribution in [-0.4, -0.2) is 42.5 Å². The lowest BCUT2D eigenvalue weighted by molar-refractivity contribution is -0.125. The summed E-state index contributed by atoms with van der Waals surface area (Å²) in [6, 6.07) is 17.2. The second-order valence-electron chi connectivity index (χ2n) is 7.56. The third-order valence-corrected chi connectivity index (χ3v) is 6.29. The topological polar surface area (TPSA) is 44.4 Å². The number of rotatable bonds is 5. The van der Waals surface area contributed by atoms with E-state index in [0.29, 0.717) is 6.04 Å². The highest BCUT2D eigenvalue weighted by atomic mass is 35.5. The van der Waals surface area contributed by atoms with Crippen LogP contribution < -0.4 is 10.6 Å². The van der Waals surface area contributed by atoms with E-state index in [1.165, 1.54) is 11.1 Å². The Labute approximate surface area is 165 Å². The van der Waals surface area contributed by atoms with Crippen molar-refractivity contribution < 1.29 is 4.79 Å². The summed E-state index contributed by atoms with van der Waals surface area (Å²) >= 11 is 6.28. The van der Waals surface area contributed by atoms with Gasteiger partial charge in [-0.3, -0.25) is 9.69 Å². The van der Waals surface area contributed by atoms with Gasteiger partial charge in [0.05, 0.1) is 6.04 Å². The Bertz CT molecular complexity index is 800. The molecule has 1 fully saturated rings. The Kier molecular flexibility index (Phi) is 5.48. The zero-order valence-electron chi connectivity index (χ0n) is 15.6. The van der Waals surface area contributed by atoms with E-state index in [1.807, 2.05) is 24.3 Å². The van der Waals surface area contributed by atoms with E-state index in [9.17, 15) is 4.79 Å². The molecule has 0 unspecified atom stereocenters. The fourth-order valence-electron chi connectivity index (χ4n) is 4.50. The largest absolute Gasteiger partial charge is 0.358 e. The van der Waals surface area contributed by atoms with Crippen molar-refractivity contribution in [2.24, 2.45) is 0 Å². The number of nitrogens with one attached hydrogen (secondary N) is 2. The van der Waals surface area contributed by atoms with Crippen molar-refractivity contribution in [2.75, 3.05) is 13.6 Å². The molecule has 2 N–H and O–H groups in total. The van der Waals surface area contributed by atoms with Gasteiger partial charge in [0.1, 0.15) is 0 Å². The third kappa shape index (κ3) is 3.88. The molecule has 0 spiro atoms. The van der Waals surface area contributed by atoms with Crippen molar-refractivity contribution in [3.05, 3.63) is 70.2 Å². The molecule has 5 heteroatoms. The maximum atomic E-state index is 12.5. The fraction of sp³-hybridized carbons (Fsp3) is 0.409. The van der Waals surface area contributed by atoms with Crippen LogP contribution in [0.4, 0.5) is 0 Å². The third-order valence-electron chi connectivity index (χ3n) is 5.93. The maximum absolute atomic E-state index is 12.5. The van der Waals surface area contributed by atoms with Crippen LogP contribution in [0.15, 0.2) is 48.5 Å². The second kappa shape index (κ2) is 8.01. The predicted molar refractivity (Wildman–Crippen MR) is 109 cm³/mol. The van der Waals surface area contributed by atoms with Gasteiger partial charge in [0.15, 0.2) is 0 Å². The fourth-order valence-corrected chi connectivity index (χ4v) is 4.71. The first kappa shape index (κ1) is 18.5. The lowest BCUT2D eigenvalue weighted by atomic mass is 10.1. The van der Waals surface area contributed by atoms with Crippen molar-refractivity contribution in [1.82, 2.24) is 15.5 Å².